The molecule has 4 N–H and O–H groups in total. The lowest BCUT2D eigenvalue weighted by molar-refractivity contribution is -0.114. The second-order valence-corrected chi connectivity index (χ2v) is 5.72. The van der Waals surface area contributed by atoms with Gasteiger partial charge in [0.25, 0.3) is 0 Å². The first-order valence-corrected chi connectivity index (χ1v) is 7.84. The summed E-state index contributed by atoms with van der Waals surface area (Å²) in [6, 6.07) is 11.8. The van der Waals surface area contributed by atoms with Gasteiger partial charge < -0.3 is 16.4 Å². The number of nitrogens with one attached hydrogen (secondary N) is 2. The van der Waals surface area contributed by atoms with Crippen molar-refractivity contribution in [3.8, 4) is 0 Å². The van der Waals surface area contributed by atoms with E-state index in [-0.39, 0.29) is 18.4 Å². The van der Waals surface area contributed by atoms with Crippen molar-refractivity contribution in [1.29, 1.82) is 0 Å². The number of rotatable bonds is 4. The largest absolute Gasteiger partial charge is 0.370 e. The number of carbonyl (C=O) groups is 1. The molecule has 0 fully saturated rings. The molecular weight excluding hydrogens is 307 g/mol. The minimum Gasteiger partial charge on any atom is -0.370 e. The normalized spacial score (nSPS) is 13.5. The summed E-state index contributed by atoms with van der Waals surface area (Å²) in [5, 5.41) is 5.55. The lowest BCUT2D eigenvalue weighted by Gasteiger charge is -2.08. The number of anilines is 2. The number of halogens is 1. The van der Waals surface area contributed by atoms with Crippen LogP contribution in [0.15, 0.2) is 47.5 Å². The average molecular weight is 326 g/mol. The smallest absolute Gasteiger partial charge is 0.246 e. The number of hydrogen-bond donors (Lipinski definition) is 3. The number of guanidine groups is 1. The van der Waals surface area contributed by atoms with Crippen molar-refractivity contribution in [3.63, 3.8) is 0 Å². The Morgan fingerprint density at radius 2 is 1.88 bits per heavy atom. The van der Waals surface area contributed by atoms with E-state index >= 15 is 0 Å². The molecule has 2 aromatic rings. The van der Waals surface area contributed by atoms with E-state index in [1.54, 1.807) is 6.07 Å². The van der Waals surface area contributed by atoms with Gasteiger partial charge in [0.2, 0.25) is 5.91 Å². The van der Waals surface area contributed by atoms with Gasteiger partial charge in [-0.2, -0.15) is 0 Å². The Morgan fingerprint density at radius 3 is 2.71 bits per heavy atom. The van der Waals surface area contributed by atoms with Gasteiger partial charge in [0.1, 0.15) is 12.4 Å². The topological polar surface area (TPSA) is 79.5 Å². The van der Waals surface area contributed by atoms with E-state index in [1.807, 2.05) is 6.07 Å². The fourth-order valence-corrected chi connectivity index (χ4v) is 2.76. The molecule has 0 aromatic heterocycles. The SMILES string of the molecule is NC(=NCC(=O)Nc1cccc(F)c1)Nc1ccc2c(c1)CCC2. The molecule has 0 bridgehead atoms. The highest BCUT2D eigenvalue weighted by Crippen LogP contribution is 2.24. The summed E-state index contributed by atoms with van der Waals surface area (Å²) in [7, 11) is 0. The van der Waals surface area contributed by atoms with Crippen LogP contribution in [0.4, 0.5) is 15.8 Å². The number of nitrogens with zero attached hydrogens (tertiary/aromatic N) is 1. The van der Waals surface area contributed by atoms with Crippen molar-refractivity contribution >= 4 is 23.2 Å². The molecule has 0 aliphatic heterocycles. The molecular formula is C18H19FN4O. The maximum absolute atomic E-state index is 13.1. The molecule has 124 valence electrons. The highest BCUT2D eigenvalue weighted by molar-refractivity contribution is 5.97. The molecule has 1 aliphatic rings. The van der Waals surface area contributed by atoms with Gasteiger partial charge in [-0.15, -0.1) is 0 Å². The first-order valence-electron chi connectivity index (χ1n) is 7.84. The molecule has 3 rings (SSSR count). The summed E-state index contributed by atoms with van der Waals surface area (Å²) in [6.07, 6.45) is 3.39. The number of fused-ring (bicyclic) bond motifs is 1. The first kappa shape index (κ1) is 16.0. The standard InChI is InChI=1S/C18H19FN4O/c19-14-5-2-6-15(10-14)22-17(24)11-21-18(20)23-16-8-7-12-3-1-4-13(12)9-16/h2,5-10H,1,3-4,11H2,(H,22,24)(H3,20,21,23). The lowest BCUT2D eigenvalue weighted by atomic mass is 10.1. The summed E-state index contributed by atoms with van der Waals surface area (Å²) in [5.74, 6) is -0.601. The summed E-state index contributed by atoms with van der Waals surface area (Å²) < 4.78 is 13.1. The summed E-state index contributed by atoms with van der Waals surface area (Å²) >= 11 is 0. The summed E-state index contributed by atoms with van der Waals surface area (Å²) in [6.45, 7) is -0.139. The van der Waals surface area contributed by atoms with Gasteiger partial charge in [0.15, 0.2) is 5.96 Å². The molecule has 24 heavy (non-hydrogen) atoms. The minimum atomic E-state index is -0.408. The molecule has 0 radical (unpaired) electrons. The Morgan fingerprint density at radius 1 is 1.08 bits per heavy atom. The number of amides is 1. The van der Waals surface area contributed by atoms with Gasteiger partial charge in [-0.25, -0.2) is 9.38 Å². The fourth-order valence-electron chi connectivity index (χ4n) is 2.76. The number of benzene rings is 2. The third-order valence-corrected chi connectivity index (χ3v) is 3.87. The zero-order chi connectivity index (χ0) is 16.9. The highest BCUT2D eigenvalue weighted by Gasteiger charge is 2.11. The van der Waals surface area contributed by atoms with E-state index in [9.17, 15) is 9.18 Å². The second-order valence-electron chi connectivity index (χ2n) is 5.72. The van der Waals surface area contributed by atoms with Crippen LogP contribution in [0.1, 0.15) is 17.5 Å². The molecule has 0 spiro atoms. The average Bonchev–Trinajstić information content (AvgIpc) is 3.00. The lowest BCUT2D eigenvalue weighted by Crippen LogP contribution is -2.25. The molecule has 0 unspecified atom stereocenters. The van der Waals surface area contributed by atoms with Gasteiger partial charge in [-0.1, -0.05) is 12.1 Å². The Labute approximate surface area is 139 Å². The van der Waals surface area contributed by atoms with Crippen molar-refractivity contribution in [2.75, 3.05) is 17.2 Å². The third-order valence-electron chi connectivity index (χ3n) is 3.87. The molecule has 2 aromatic carbocycles. The highest BCUT2D eigenvalue weighted by atomic mass is 19.1. The van der Waals surface area contributed by atoms with Crippen molar-refractivity contribution in [2.24, 2.45) is 10.7 Å². The van der Waals surface area contributed by atoms with Crippen LogP contribution >= 0.6 is 0 Å². The van der Waals surface area contributed by atoms with Crippen LogP contribution in [-0.4, -0.2) is 18.4 Å². The summed E-state index contributed by atoms with van der Waals surface area (Å²) in [5.41, 5.74) is 9.78. The van der Waals surface area contributed by atoms with Crippen LogP contribution in [-0.2, 0) is 17.6 Å². The van der Waals surface area contributed by atoms with E-state index in [2.05, 4.69) is 27.8 Å². The molecule has 0 saturated heterocycles. The monoisotopic (exact) mass is 326 g/mol. The van der Waals surface area contributed by atoms with E-state index < -0.39 is 5.82 Å². The zero-order valence-corrected chi connectivity index (χ0v) is 13.2. The molecule has 0 saturated carbocycles. The van der Waals surface area contributed by atoms with Crippen LogP contribution in [0.2, 0.25) is 0 Å². The Hall–Kier alpha value is -2.89. The van der Waals surface area contributed by atoms with Crippen molar-refractivity contribution in [2.45, 2.75) is 19.3 Å². The molecule has 1 amide bonds. The van der Waals surface area contributed by atoms with Crippen LogP contribution in [0.3, 0.4) is 0 Å². The van der Waals surface area contributed by atoms with Gasteiger partial charge in [0, 0.05) is 11.4 Å². The minimum absolute atomic E-state index is 0.139. The Kier molecular flexibility index (Phi) is 4.74. The molecule has 5 nitrogen and oxygen atoms in total. The van der Waals surface area contributed by atoms with Crippen LogP contribution in [0, 0.1) is 5.82 Å². The van der Waals surface area contributed by atoms with E-state index in [4.69, 9.17) is 5.73 Å². The van der Waals surface area contributed by atoms with Gasteiger partial charge in [0.05, 0.1) is 0 Å². The number of aliphatic imine (C=N–C) groups is 1. The van der Waals surface area contributed by atoms with E-state index in [0.29, 0.717) is 5.69 Å². The summed E-state index contributed by atoms with van der Waals surface area (Å²) in [4.78, 5) is 15.8. The molecule has 6 heteroatoms. The Balaban J connectivity index is 1.55. The van der Waals surface area contributed by atoms with Gasteiger partial charge in [-0.05, 0) is 60.7 Å². The Bertz CT molecular complexity index is 788. The van der Waals surface area contributed by atoms with Crippen LogP contribution in [0.5, 0.6) is 0 Å². The number of hydrogen-bond acceptors (Lipinski definition) is 2. The van der Waals surface area contributed by atoms with Gasteiger partial charge in [-0.3, -0.25) is 4.79 Å². The fraction of sp³-hybridized carbons (Fsp3) is 0.222. The number of carbonyl (C=O) groups excluding carboxylic acids is 1. The van der Waals surface area contributed by atoms with Crippen LogP contribution in [0.25, 0.3) is 0 Å². The number of nitrogens with two attached hydrogens (primary N) is 1. The molecule has 0 atom stereocenters. The predicted molar refractivity (Wildman–Crippen MR) is 93.6 cm³/mol. The molecule has 1 aliphatic carbocycles. The molecule has 0 heterocycles. The third kappa shape index (κ3) is 4.10. The number of aryl methyl sites for hydroxylation is 2. The zero-order valence-electron chi connectivity index (χ0n) is 13.2. The van der Waals surface area contributed by atoms with Gasteiger partial charge >= 0.3 is 0 Å². The quantitative estimate of drug-likeness (QED) is 0.597. The van der Waals surface area contributed by atoms with Crippen molar-refractivity contribution in [1.82, 2.24) is 0 Å². The van der Waals surface area contributed by atoms with E-state index in [0.717, 1.165) is 18.5 Å². The van der Waals surface area contributed by atoms with E-state index in [1.165, 1.54) is 35.7 Å². The maximum Gasteiger partial charge on any atom is 0.246 e. The van der Waals surface area contributed by atoms with Crippen molar-refractivity contribution < 1.29 is 9.18 Å². The van der Waals surface area contributed by atoms with Crippen molar-refractivity contribution in [3.05, 3.63) is 59.4 Å². The first-order chi connectivity index (χ1) is 11.6. The second kappa shape index (κ2) is 7.12. The van der Waals surface area contributed by atoms with Crippen LogP contribution < -0.4 is 16.4 Å². The maximum atomic E-state index is 13.1. The predicted octanol–water partition coefficient (Wildman–Crippen LogP) is 2.68.